The van der Waals surface area contributed by atoms with Gasteiger partial charge < -0.3 is 9.15 Å². The highest BCUT2D eigenvalue weighted by Crippen LogP contribution is 2.38. The van der Waals surface area contributed by atoms with Gasteiger partial charge in [0.25, 0.3) is 5.56 Å². The minimum atomic E-state index is -1.10. The number of hydrogen-bond donors (Lipinski definition) is 0. The van der Waals surface area contributed by atoms with Crippen LogP contribution in [0.3, 0.4) is 0 Å². The van der Waals surface area contributed by atoms with E-state index in [4.69, 9.17) is 9.15 Å². The molecule has 3 aromatic rings. The highest BCUT2D eigenvalue weighted by Gasteiger charge is 2.29. The zero-order chi connectivity index (χ0) is 14.9. The quantitative estimate of drug-likeness (QED) is 0.639. The number of nitrogens with zero attached hydrogens (tertiary/aromatic N) is 2. The Balaban J connectivity index is 2.38. The minimum absolute atomic E-state index is 0.0880. The van der Waals surface area contributed by atoms with Crippen molar-refractivity contribution in [2.75, 3.05) is 6.61 Å². The number of oxazole rings is 1. The van der Waals surface area contributed by atoms with Crippen molar-refractivity contribution in [2.45, 2.75) is 19.9 Å². The van der Waals surface area contributed by atoms with Crippen LogP contribution in [0.25, 0.3) is 22.0 Å². The summed E-state index contributed by atoms with van der Waals surface area (Å²) in [5.74, 6) is -2.11. The van der Waals surface area contributed by atoms with E-state index in [-0.39, 0.29) is 40.4 Å². The summed E-state index contributed by atoms with van der Waals surface area (Å²) in [7, 11) is 0. The molecule has 0 bridgehead atoms. The fourth-order valence-electron chi connectivity index (χ4n) is 2.81. The lowest BCUT2D eigenvalue weighted by atomic mass is 10.1. The Morgan fingerprint density at radius 3 is 2.95 bits per heavy atom. The molecule has 1 aromatic carbocycles. The second-order valence-electron chi connectivity index (χ2n) is 5.14. The normalized spacial score (nSPS) is 17.4. The number of fused-ring (bicyclic) bond motifs is 2. The third-order valence-electron chi connectivity index (χ3n) is 3.70. The van der Waals surface area contributed by atoms with E-state index in [0.29, 0.717) is 5.89 Å². The monoisotopic (exact) mass is 292 g/mol. The average molecular weight is 292 g/mol. The summed E-state index contributed by atoms with van der Waals surface area (Å²) in [6.45, 7) is 3.45. The lowest BCUT2D eigenvalue weighted by Crippen LogP contribution is -2.31. The van der Waals surface area contributed by atoms with Gasteiger partial charge in [-0.1, -0.05) is 0 Å². The number of aromatic nitrogens is 2. The summed E-state index contributed by atoms with van der Waals surface area (Å²) in [4.78, 5) is 16.6. The van der Waals surface area contributed by atoms with E-state index in [1.165, 1.54) is 4.57 Å². The van der Waals surface area contributed by atoms with Crippen molar-refractivity contribution in [3.8, 4) is 5.75 Å². The Kier molecular flexibility index (Phi) is 2.23. The molecule has 7 heteroatoms. The smallest absolute Gasteiger partial charge is 0.281 e. The molecular formula is C14H10F2N2O3. The Morgan fingerprint density at radius 2 is 2.19 bits per heavy atom. The van der Waals surface area contributed by atoms with Crippen LogP contribution in [0.15, 0.2) is 15.3 Å². The standard InChI is InChI=1S/C14H10F2N2O3/c1-5-4-20-13-9(16)8(15)3-7-11(13)18(5)14(19)10-12(7)21-6(2)17-10/h3,5H,4H2,1-2H3/t5-/m0/s1. The van der Waals surface area contributed by atoms with Crippen molar-refractivity contribution in [1.82, 2.24) is 9.55 Å². The molecule has 0 amide bonds. The molecule has 0 spiro atoms. The van der Waals surface area contributed by atoms with Crippen molar-refractivity contribution in [3.63, 3.8) is 0 Å². The Labute approximate surface area is 116 Å². The van der Waals surface area contributed by atoms with Gasteiger partial charge in [-0.3, -0.25) is 9.36 Å². The first kappa shape index (κ1) is 12.3. The summed E-state index contributed by atoms with van der Waals surface area (Å²) in [5, 5.41) is 0.283. The van der Waals surface area contributed by atoms with Crippen molar-refractivity contribution in [3.05, 3.63) is 33.9 Å². The van der Waals surface area contributed by atoms with E-state index >= 15 is 0 Å². The molecule has 1 aliphatic rings. The van der Waals surface area contributed by atoms with Gasteiger partial charge in [0.2, 0.25) is 5.82 Å². The molecule has 3 heterocycles. The van der Waals surface area contributed by atoms with Crippen LogP contribution in [0.2, 0.25) is 0 Å². The SMILES string of the molecule is Cc1nc2c(=O)n3c4c(c(F)c(F)cc4c2o1)OC[C@@H]3C. The molecule has 0 saturated carbocycles. The second-order valence-corrected chi connectivity index (χ2v) is 5.14. The average Bonchev–Trinajstić information content (AvgIpc) is 2.83. The van der Waals surface area contributed by atoms with Crippen molar-refractivity contribution < 1.29 is 17.9 Å². The van der Waals surface area contributed by atoms with E-state index in [0.717, 1.165) is 6.07 Å². The molecular weight excluding hydrogens is 282 g/mol. The van der Waals surface area contributed by atoms with E-state index < -0.39 is 17.2 Å². The minimum Gasteiger partial charge on any atom is -0.486 e. The molecule has 0 saturated heterocycles. The van der Waals surface area contributed by atoms with Crippen molar-refractivity contribution in [2.24, 2.45) is 0 Å². The van der Waals surface area contributed by atoms with Gasteiger partial charge in [-0.05, 0) is 13.0 Å². The highest BCUT2D eigenvalue weighted by molar-refractivity contribution is 6.03. The Hall–Kier alpha value is -2.44. The number of halogens is 2. The Bertz CT molecular complexity index is 974. The summed E-state index contributed by atoms with van der Waals surface area (Å²) >= 11 is 0. The number of hydrogen-bond acceptors (Lipinski definition) is 4. The first-order chi connectivity index (χ1) is 9.99. The van der Waals surface area contributed by atoms with Crippen LogP contribution in [0, 0.1) is 18.6 Å². The number of benzene rings is 1. The lowest BCUT2D eigenvalue weighted by molar-refractivity contribution is 0.232. The summed E-state index contributed by atoms with van der Waals surface area (Å²) in [6.07, 6.45) is 0. The van der Waals surface area contributed by atoms with Gasteiger partial charge in [0, 0.05) is 6.92 Å². The first-order valence-corrected chi connectivity index (χ1v) is 6.45. The second kappa shape index (κ2) is 3.81. The predicted octanol–water partition coefficient (Wildman–Crippen LogP) is 2.68. The number of ether oxygens (including phenoxy) is 1. The maximum atomic E-state index is 13.9. The molecule has 0 N–H and O–H groups in total. The third-order valence-corrected chi connectivity index (χ3v) is 3.70. The molecule has 21 heavy (non-hydrogen) atoms. The molecule has 4 rings (SSSR count). The van der Waals surface area contributed by atoms with Gasteiger partial charge in [0.05, 0.1) is 11.4 Å². The van der Waals surface area contributed by atoms with Gasteiger partial charge in [0.15, 0.2) is 28.6 Å². The predicted molar refractivity (Wildman–Crippen MR) is 70.6 cm³/mol. The maximum Gasteiger partial charge on any atom is 0.281 e. The van der Waals surface area contributed by atoms with Gasteiger partial charge >= 0.3 is 0 Å². The third kappa shape index (κ3) is 1.43. The number of pyridine rings is 1. The molecule has 108 valence electrons. The van der Waals surface area contributed by atoms with Crippen LogP contribution >= 0.6 is 0 Å². The summed E-state index contributed by atoms with van der Waals surface area (Å²) in [5.41, 5.74) is 0.0889. The van der Waals surface area contributed by atoms with Crippen molar-refractivity contribution in [1.29, 1.82) is 0 Å². The number of aryl methyl sites for hydroxylation is 1. The highest BCUT2D eigenvalue weighted by atomic mass is 19.2. The lowest BCUT2D eigenvalue weighted by Gasteiger charge is -2.25. The van der Waals surface area contributed by atoms with Gasteiger partial charge in [-0.15, -0.1) is 0 Å². The molecule has 0 fully saturated rings. The summed E-state index contributed by atoms with van der Waals surface area (Å²) in [6, 6.07) is 0.706. The fraction of sp³-hybridized carbons (Fsp3) is 0.286. The zero-order valence-corrected chi connectivity index (χ0v) is 11.2. The molecule has 0 radical (unpaired) electrons. The van der Waals surface area contributed by atoms with Gasteiger partial charge in [-0.25, -0.2) is 9.37 Å². The fourth-order valence-corrected chi connectivity index (χ4v) is 2.81. The molecule has 5 nitrogen and oxygen atoms in total. The maximum absolute atomic E-state index is 13.9. The van der Waals surface area contributed by atoms with Crippen LogP contribution in [0.5, 0.6) is 5.75 Å². The molecule has 0 aliphatic carbocycles. The van der Waals surface area contributed by atoms with Crippen LogP contribution in [0.4, 0.5) is 8.78 Å². The molecule has 2 aromatic heterocycles. The first-order valence-electron chi connectivity index (χ1n) is 6.45. The van der Waals surface area contributed by atoms with Gasteiger partial charge in [-0.2, -0.15) is 4.39 Å². The van der Waals surface area contributed by atoms with E-state index in [9.17, 15) is 13.6 Å². The topological polar surface area (TPSA) is 57.3 Å². The van der Waals surface area contributed by atoms with Crippen LogP contribution in [-0.4, -0.2) is 16.2 Å². The van der Waals surface area contributed by atoms with Crippen molar-refractivity contribution >= 4 is 22.0 Å². The molecule has 1 atom stereocenters. The molecule has 1 aliphatic heterocycles. The largest absolute Gasteiger partial charge is 0.486 e. The van der Waals surface area contributed by atoms with Crippen LogP contribution in [0.1, 0.15) is 18.9 Å². The number of rotatable bonds is 0. The van der Waals surface area contributed by atoms with E-state index in [2.05, 4.69) is 4.98 Å². The molecule has 0 unspecified atom stereocenters. The van der Waals surface area contributed by atoms with Gasteiger partial charge in [0.1, 0.15) is 12.1 Å². The van der Waals surface area contributed by atoms with Crippen LogP contribution < -0.4 is 10.3 Å². The summed E-state index contributed by atoms with van der Waals surface area (Å²) < 4.78 is 39.8. The Morgan fingerprint density at radius 1 is 1.43 bits per heavy atom. The van der Waals surface area contributed by atoms with E-state index in [1.54, 1.807) is 13.8 Å². The van der Waals surface area contributed by atoms with Crippen LogP contribution in [-0.2, 0) is 0 Å². The zero-order valence-electron chi connectivity index (χ0n) is 11.2. The van der Waals surface area contributed by atoms with E-state index in [1.807, 2.05) is 0 Å².